The molecule has 0 rings (SSSR count). The van der Waals surface area contributed by atoms with E-state index in [1.165, 1.54) is 64.2 Å². The molecule has 0 bridgehead atoms. The van der Waals surface area contributed by atoms with Gasteiger partial charge in [0.25, 0.3) is 0 Å². The molecule has 5 nitrogen and oxygen atoms in total. The third-order valence-corrected chi connectivity index (χ3v) is 5.33. The molecule has 2 atom stereocenters. The highest BCUT2D eigenvalue weighted by Crippen LogP contribution is 2.16. The molecule has 0 saturated heterocycles. The third kappa shape index (κ3) is 18.7. The molecule has 0 radical (unpaired) electrons. The van der Waals surface area contributed by atoms with Crippen LogP contribution in [0.3, 0.4) is 0 Å². The summed E-state index contributed by atoms with van der Waals surface area (Å²) in [6.45, 7) is 4.65. The molecular weight excluding hydrogens is 366 g/mol. The van der Waals surface area contributed by atoms with E-state index in [1.54, 1.807) is 0 Å². The summed E-state index contributed by atoms with van der Waals surface area (Å²) in [5.41, 5.74) is 0. The molecule has 0 aliphatic carbocycles. The standard InChI is InChI=1S/C24H47NO4/c1-6-7-8-9-10-11-12-13-14-15-16-17-18-21(2)24(28)29-22(19-23(26)27)20-25(3,4)5/h21-22H,6-20H2,1-5H3/p+1. The van der Waals surface area contributed by atoms with Gasteiger partial charge in [-0.2, -0.15) is 0 Å². The summed E-state index contributed by atoms with van der Waals surface area (Å²) in [4.78, 5) is 23.4. The number of likely N-dealkylation sites (N-methyl/N-ethyl adjacent to an activating group) is 1. The number of esters is 1. The lowest BCUT2D eigenvalue weighted by Crippen LogP contribution is -2.44. The van der Waals surface area contributed by atoms with Crippen LogP contribution in [0.1, 0.15) is 104 Å². The van der Waals surface area contributed by atoms with Gasteiger partial charge in [0.1, 0.15) is 6.54 Å². The largest absolute Gasteiger partial charge is 0.481 e. The number of carboxylic acid groups (broad SMARTS) is 1. The van der Waals surface area contributed by atoms with Gasteiger partial charge in [0, 0.05) is 0 Å². The number of carbonyl (C=O) groups is 2. The second-order valence-electron chi connectivity index (χ2n) is 9.71. The Kier molecular flexibility index (Phi) is 16.0. The maximum Gasteiger partial charge on any atom is 0.309 e. The number of unbranched alkanes of at least 4 members (excludes halogenated alkanes) is 11. The molecular formula is C24H48NO4+. The van der Waals surface area contributed by atoms with Crippen LogP contribution in [-0.4, -0.2) is 55.3 Å². The summed E-state index contributed by atoms with van der Waals surface area (Å²) >= 11 is 0. The van der Waals surface area contributed by atoms with Crippen LogP contribution in [0.2, 0.25) is 0 Å². The van der Waals surface area contributed by atoms with Gasteiger partial charge < -0.3 is 14.3 Å². The Balaban J connectivity index is 3.83. The number of carboxylic acids is 1. The Morgan fingerprint density at radius 1 is 0.828 bits per heavy atom. The number of ether oxygens (including phenoxy) is 1. The molecule has 5 heteroatoms. The van der Waals surface area contributed by atoms with Crippen molar-refractivity contribution < 1.29 is 23.9 Å². The van der Waals surface area contributed by atoms with Crippen molar-refractivity contribution >= 4 is 11.9 Å². The maximum atomic E-state index is 12.3. The minimum atomic E-state index is -0.926. The van der Waals surface area contributed by atoms with Crippen molar-refractivity contribution in [1.82, 2.24) is 0 Å². The Morgan fingerprint density at radius 3 is 1.69 bits per heavy atom. The molecule has 2 unspecified atom stereocenters. The first-order chi connectivity index (χ1) is 13.7. The van der Waals surface area contributed by atoms with Gasteiger partial charge in [0.15, 0.2) is 6.10 Å². The van der Waals surface area contributed by atoms with E-state index in [0.717, 1.165) is 19.3 Å². The van der Waals surface area contributed by atoms with E-state index in [2.05, 4.69) is 6.92 Å². The highest BCUT2D eigenvalue weighted by Gasteiger charge is 2.26. The highest BCUT2D eigenvalue weighted by atomic mass is 16.5. The minimum Gasteiger partial charge on any atom is -0.481 e. The molecule has 0 aromatic rings. The van der Waals surface area contributed by atoms with Crippen molar-refractivity contribution in [2.45, 2.75) is 110 Å². The molecule has 0 spiro atoms. The van der Waals surface area contributed by atoms with E-state index in [4.69, 9.17) is 9.84 Å². The van der Waals surface area contributed by atoms with Gasteiger partial charge in [0.2, 0.25) is 0 Å². The fourth-order valence-corrected chi connectivity index (χ4v) is 3.64. The Bertz CT molecular complexity index is 431. The zero-order valence-corrected chi connectivity index (χ0v) is 19.9. The second-order valence-corrected chi connectivity index (χ2v) is 9.71. The molecule has 0 amide bonds. The second kappa shape index (κ2) is 16.7. The van der Waals surface area contributed by atoms with Crippen molar-refractivity contribution in [3.63, 3.8) is 0 Å². The van der Waals surface area contributed by atoms with Crippen LogP contribution in [-0.2, 0) is 14.3 Å². The molecule has 1 N–H and O–H groups in total. The lowest BCUT2D eigenvalue weighted by atomic mass is 10.0. The van der Waals surface area contributed by atoms with E-state index in [0.29, 0.717) is 11.0 Å². The number of nitrogens with zero attached hydrogens (tertiary/aromatic N) is 1. The lowest BCUT2D eigenvalue weighted by Gasteiger charge is -2.29. The zero-order chi connectivity index (χ0) is 22.1. The van der Waals surface area contributed by atoms with Gasteiger partial charge in [0.05, 0.1) is 33.5 Å². The molecule has 172 valence electrons. The number of rotatable bonds is 19. The van der Waals surface area contributed by atoms with Crippen molar-refractivity contribution in [1.29, 1.82) is 0 Å². The highest BCUT2D eigenvalue weighted by molar-refractivity contribution is 5.73. The first kappa shape index (κ1) is 27.9. The Morgan fingerprint density at radius 2 is 1.28 bits per heavy atom. The van der Waals surface area contributed by atoms with Gasteiger partial charge in [-0.25, -0.2) is 0 Å². The van der Waals surface area contributed by atoms with Gasteiger partial charge in [-0.3, -0.25) is 9.59 Å². The van der Waals surface area contributed by atoms with E-state index < -0.39 is 12.1 Å². The van der Waals surface area contributed by atoms with Gasteiger partial charge in [-0.15, -0.1) is 0 Å². The average molecular weight is 415 g/mol. The van der Waals surface area contributed by atoms with Gasteiger partial charge in [-0.1, -0.05) is 90.9 Å². The van der Waals surface area contributed by atoms with E-state index >= 15 is 0 Å². The summed E-state index contributed by atoms with van der Waals surface area (Å²) in [6, 6.07) is 0. The normalized spacial score (nSPS) is 13.8. The maximum absolute atomic E-state index is 12.3. The summed E-state index contributed by atoms with van der Waals surface area (Å²) in [7, 11) is 5.91. The average Bonchev–Trinajstić information content (AvgIpc) is 2.60. The molecule has 29 heavy (non-hydrogen) atoms. The van der Waals surface area contributed by atoms with Crippen LogP contribution < -0.4 is 0 Å². The molecule has 0 heterocycles. The number of aliphatic carboxylic acids is 1. The third-order valence-electron chi connectivity index (χ3n) is 5.33. The smallest absolute Gasteiger partial charge is 0.309 e. The van der Waals surface area contributed by atoms with Gasteiger partial charge >= 0.3 is 11.9 Å². The van der Waals surface area contributed by atoms with Crippen LogP contribution >= 0.6 is 0 Å². The fraction of sp³-hybridized carbons (Fsp3) is 0.917. The van der Waals surface area contributed by atoms with Crippen molar-refractivity contribution in [2.75, 3.05) is 27.7 Å². The van der Waals surface area contributed by atoms with Crippen molar-refractivity contribution in [3.8, 4) is 0 Å². The van der Waals surface area contributed by atoms with Crippen LogP contribution in [0.4, 0.5) is 0 Å². The van der Waals surface area contributed by atoms with Crippen LogP contribution in [0, 0.1) is 5.92 Å². The molecule has 0 fully saturated rings. The molecule has 0 aromatic carbocycles. The predicted molar refractivity (Wildman–Crippen MR) is 120 cm³/mol. The summed E-state index contributed by atoms with van der Waals surface area (Å²) in [5.74, 6) is -1.35. The number of hydrogen-bond donors (Lipinski definition) is 1. The van der Waals surface area contributed by atoms with Crippen molar-refractivity contribution in [3.05, 3.63) is 0 Å². The van der Waals surface area contributed by atoms with Gasteiger partial charge in [-0.05, 0) is 6.42 Å². The quantitative estimate of drug-likeness (QED) is 0.165. The topological polar surface area (TPSA) is 63.6 Å². The summed E-state index contributed by atoms with van der Waals surface area (Å²) in [5, 5.41) is 9.06. The number of carbonyl (C=O) groups excluding carboxylic acids is 1. The lowest BCUT2D eigenvalue weighted by molar-refractivity contribution is -0.873. The van der Waals surface area contributed by atoms with E-state index in [9.17, 15) is 9.59 Å². The van der Waals surface area contributed by atoms with E-state index in [-0.39, 0.29) is 18.3 Å². The number of hydrogen-bond acceptors (Lipinski definition) is 3. The first-order valence-corrected chi connectivity index (χ1v) is 11.9. The van der Waals surface area contributed by atoms with Crippen LogP contribution in [0.5, 0.6) is 0 Å². The molecule has 0 aliphatic rings. The predicted octanol–water partition coefficient (Wildman–Crippen LogP) is 5.81. The van der Waals surface area contributed by atoms with E-state index in [1.807, 2.05) is 28.1 Å². The zero-order valence-electron chi connectivity index (χ0n) is 19.9. The molecule has 0 aromatic heterocycles. The fourth-order valence-electron chi connectivity index (χ4n) is 3.64. The molecule has 0 aliphatic heterocycles. The monoisotopic (exact) mass is 414 g/mol. The first-order valence-electron chi connectivity index (χ1n) is 11.9. The molecule has 0 saturated carbocycles. The summed E-state index contributed by atoms with van der Waals surface area (Å²) < 4.78 is 6.09. The van der Waals surface area contributed by atoms with Crippen LogP contribution in [0.15, 0.2) is 0 Å². The number of quaternary nitrogens is 1. The SMILES string of the molecule is CCCCCCCCCCCCCCC(C)C(=O)OC(CC(=O)O)C[N+](C)(C)C. The summed E-state index contributed by atoms with van der Waals surface area (Å²) in [6.07, 6.45) is 15.8. The van der Waals surface area contributed by atoms with Crippen LogP contribution in [0.25, 0.3) is 0 Å². The Labute approximate surface area is 179 Å². The minimum absolute atomic E-state index is 0.132. The Hall–Kier alpha value is -1.10. The van der Waals surface area contributed by atoms with Crippen molar-refractivity contribution in [2.24, 2.45) is 5.92 Å².